The van der Waals surface area contributed by atoms with Crippen LogP contribution in [-0.4, -0.2) is 15.1 Å². The number of thiazole rings is 1. The molecule has 0 aliphatic carbocycles. The topological polar surface area (TPSA) is 17.3 Å². The molecule has 4 heteroatoms. The number of hydrogen-bond donors (Lipinski definition) is 0. The first-order chi connectivity index (χ1) is 6.36. The van der Waals surface area contributed by atoms with E-state index in [0.717, 1.165) is 12.2 Å². The molecule has 0 saturated heterocycles. The van der Waals surface area contributed by atoms with Gasteiger partial charge in [-0.05, 0) is 12.7 Å². The number of rotatable bonds is 0. The van der Waals surface area contributed by atoms with E-state index in [2.05, 4.69) is 21.7 Å². The maximum absolute atomic E-state index is 4.64. The average Bonchev–Trinajstić information content (AvgIpc) is 2.66. The number of fused-ring (bicyclic) bond motifs is 3. The molecule has 0 aromatic carbocycles. The highest BCUT2D eigenvalue weighted by molar-refractivity contribution is 7.98. The van der Waals surface area contributed by atoms with Crippen molar-refractivity contribution in [3.8, 4) is 0 Å². The van der Waals surface area contributed by atoms with Crippen molar-refractivity contribution in [2.45, 2.75) is 19.1 Å². The highest BCUT2D eigenvalue weighted by Crippen LogP contribution is 2.28. The monoisotopic (exact) mass is 210 g/mol. The number of imidazole rings is 1. The van der Waals surface area contributed by atoms with Gasteiger partial charge in [0.1, 0.15) is 0 Å². The van der Waals surface area contributed by atoms with Crippen LogP contribution >= 0.6 is 23.1 Å². The van der Waals surface area contributed by atoms with Gasteiger partial charge in [0.25, 0.3) is 0 Å². The minimum Gasteiger partial charge on any atom is -0.291 e. The predicted octanol–water partition coefficient (Wildman–Crippen LogP) is 2.49. The summed E-state index contributed by atoms with van der Waals surface area (Å²) in [5.74, 6) is 2.37. The first kappa shape index (κ1) is 7.88. The van der Waals surface area contributed by atoms with E-state index in [9.17, 15) is 0 Å². The number of aromatic nitrogens is 2. The maximum atomic E-state index is 4.64. The fraction of sp³-hybridized carbons (Fsp3) is 0.444. The van der Waals surface area contributed by atoms with E-state index in [1.54, 1.807) is 11.3 Å². The fourth-order valence-corrected chi connectivity index (χ4v) is 3.67. The molecule has 68 valence electrons. The van der Waals surface area contributed by atoms with Crippen LogP contribution in [0.25, 0.3) is 4.96 Å². The Labute approximate surface area is 85.0 Å². The summed E-state index contributed by atoms with van der Waals surface area (Å²) < 4.78 is 2.31. The van der Waals surface area contributed by atoms with Gasteiger partial charge in [0.2, 0.25) is 0 Å². The van der Waals surface area contributed by atoms with Gasteiger partial charge < -0.3 is 0 Å². The predicted molar refractivity (Wildman–Crippen MR) is 57.7 cm³/mol. The Morgan fingerprint density at radius 2 is 2.46 bits per heavy atom. The van der Waals surface area contributed by atoms with E-state index in [0.29, 0.717) is 0 Å². The molecule has 0 unspecified atom stereocenters. The molecule has 0 N–H and O–H groups in total. The van der Waals surface area contributed by atoms with Crippen molar-refractivity contribution in [2.24, 2.45) is 0 Å². The summed E-state index contributed by atoms with van der Waals surface area (Å²) in [4.78, 5) is 5.81. The third-order valence-corrected chi connectivity index (χ3v) is 4.35. The normalized spacial score (nSPS) is 16.4. The summed E-state index contributed by atoms with van der Waals surface area (Å²) in [6.45, 7) is 2.16. The van der Waals surface area contributed by atoms with E-state index in [1.807, 2.05) is 11.8 Å². The fourth-order valence-electron chi connectivity index (χ4n) is 1.79. The zero-order valence-electron chi connectivity index (χ0n) is 7.41. The smallest absolute Gasteiger partial charge is 0.194 e. The van der Waals surface area contributed by atoms with Gasteiger partial charge in [0, 0.05) is 23.2 Å². The van der Waals surface area contributed by atoms with Crippen molar-refractivity contribution in [3.05, 3.63) is 22.5 Å². The van der Waals surface area contributed by atoms with Crippen molar-refractivity contribution in [2.75, 3.05) is 5.75 Å². The lowest BCUT2D eigenvalue weighted by Crippen LogP contribution is -2.03. The van der Waals surface area contributed by atoms with E-state index < -0.39 is 0 Å². The van der Waals surface area contributed by atoms with Crippen molar-refractivity contribution >= 4 is 28.1 Å². The van der Waals surface area contributed by atoms with Crippen LogP contribution in [0.5, 0.6) is 0 Å². The lowest BCUT2D eigenvalue weighted by Gasteiger charge is -2.09. The van der Waals surface area contributed by atoms with Crippen molar-refractivity contribution in [3.63, 3.8) is 0 Å². The van der Waals surface area contributed by atoms with E-state index in [4.69, 9.17) is 0 Å². The molecular formula is C9H10N2S2. The third kappa shape index (κ3) is 1.05. The summed E-state index contributed by atoms with van der Waals surface area (Å²) in [6, 6.07) is 0. The molecular weight excluding hydrogens is 200 g/mol. The first-order valence-electron chi connectivity index (χ1n) is 4.38. The van der Waals surface area contributed by atoms with Gasteiger partial charge in [0.05, 0.1) is 11.4 Å². The van der Waals surface area contributed by atoms with Gasteiger partial charge >= 0.3 is 0 Å². The zero-order chi connectivity index (χ0) is 8.84. The minimum absolute atomic E-state index is 1.13. The zero-order valence-corrected chi connectivity index (χ0v) is 9.04. The van der Waals surface area contributed by atoms with Crippen LogP contribution in [0.1, 0.15) is 17.1 Å². The quantitative estimate of drug-likeness (QED) is 0.664. The second kappa shape index (κ2) is 2.75. The molecule has 3 heterocycles. The Bertz CT molecular complexity index is 455. The second-order valence-electron chi connectivity index (χ2n) is 3.30. The maximum Gasteiger partial charge on any atom is 0.194 e. The Kier molecular flexibility index (Phi) is 1.67. The van der Waals surface area contributed by atoms with Crippen molar-refractivity contribution in [1.29, 1.82) is 0 Å². The third-order valence-electron chi connectivity index (χ3n) is 2.43. The molecule has 0 spiro atoms. The van der Waals surface area contributed by atoms with Crippen LogP contribution in [-0.2, 0) is 12.2 Å². The molecule has 3 rings (SSSR count). The van der Waals surface area contributed by atoms with Crippen molar-refractivity contribution < 1.29 is 0 Å². The summed E-state index contributed by atoms with van der Waals surface area (Å²) in [6.07, 6.45) is 1.15. The minimum atomic E-state index is 1.13. The SMILES string of the molecule is Cc1csc2nc3c(n12)CSCC3. The second-order valence-corrected chi connectivity index (χ2v) is 5.24. The van der Waals surface area contributed by atoms with Crippen LogP contribution in [0.2, 0.25) is 0 Å². The largest absolute Gasteiger partial charge is 0.291 e. The Morgan fingerprint density at radius 3 is 3.38 bits per heavy atom. The van der Waals surface area contributed by atoms with Crippen LogP contribution in [0.15, 0.2) is 5.38 Å². The van der Waals surface area contributed by atoms with Gasteiger partial charge in [-0.3, -0.25) is 4.40 Å². The molecule has 0 atom stereocenters. The summed E-state index contributed by atoms with van der Waals surface area (Å²) in [7, 11) is 0. The first-order valence-corrected chi connectivity index (χ1v) is 6.42. The lowest BCUT2D eigenvalue weighted by molar-refractivity contribution is 0.976. The molecule has 0 bridgehead atoms. The summed E-state index contributed by atoms with van der Waals surface area (Å²) >= 11 is 3.76. The van der Waals surface area contributed by atoms with Gasteiger partial charge in [-0.15, -0.1) is 11.3 Å². The Hall–Kier alpha value is -0.480. The molecule has 1 aliphatic heterocycles. The van der Waals surface area contributed by atoms with Gasteiger partial charge in [-0.1, -0.05) is 0 Å². The number of hydrogen-bond acceptors (Lipinski definition) is 3. The van der Waals surface area contributed by atoms with E-state index in [-0.39, 0.29) is 0 Å². The van der Waals surface area contributed by atoms with Gasteiger partial charge in [-0.25, -0.2) is 4.98 Å². The van der Waals surface area contributed by atoms with Gasteiger partial charge in [-0.2, -0.15) is 11.8 Å². The van der Waals surface area contributed by atoms with E-state index in [1.165, 1.54) is 27.8 Å². The van der Waals surface area contributed by atoms with Crippen LogP contribution < -0.4 is 0 Å². The van der Waals surface area contributed by atoms with Crippen LogP contribution in [0.4, 0.5) is 0 Å². The molecule has 0 radical (unpaired) electrons. The number of aryl methyl sites for hydroxylation is 2. The summed E-state index contributed by atoms with van der Waals surface area (Å²) in [5.41, 5.74) is 4.09. The molecule has 0 saturated carbocycles. The molecule has 0 amide bonds. The van der Waals surface area contributed by atoms with E-state index >= 15 is 0 Å². The molecule has 2 nitrogen and oxygen atoms in total. The highest BCUT2D eigenvalue weighted by Gasteiger charge is 2.17. The van der Waals surface area contributed by atoms with Crippen molar-refractivity contribution in [1.82, 2.24) is 9.38 Å². The lowest BCUT2D eigenvalue weighted by atomic mass is 10.3. The summed E-state index contributed by atoms with van der Waals surface area (Å²) in [5, 5.41) is 2.18. The number of thioether (sulfide) groups is 1. The molecule has 0 fully saturated rings. The Balaban J connectivity index is 2.36. The average molecular weight is 210 g/mol. The molecule has 2 aromatic heterocycles. The van der Waals surface area contributed by atoms with Crippen LogP contribution in [0.3, 0.4) is 0 Å². The molecule has 13 heavy (non-hydrogen) atoms. The Morgan fingerprint density at radius 1 is 1.54 bits per heavy atom. The molecule has 2 aromatic rings. The van der Waals surface area contributed by atoms with Crippen LogP contribution in [0, 0.1) is 6.92 Å². The van der Waals surface area contributed by atoms with Gasteiger partial charge in [0.15, 0.2) is 4.96 Å². The molecule has 1 aliphatic rings. The highest BCUT2D eigenvalue weighted by atomic mass is 32.2. The standard InChI is InChI=1S/C9H10N2S2/c1-6-4-13-9-10-7-2-3-12-5-8(7)11(6)9/h4H,2-3,5H2,1H3. The number of nitrogens with zero attached hydrogens (tertiary/aromatic N) is 2.